The Morgan fingerprint density at radius 1 is 1.12 bits per heavy atom. The Balaban J connectivity index is 1.29. The van der Waals surface area contributed by atoms with Gasteiger partial charge >= 0.3 is 0 Å². The third kappa shape index (κ3) is 5.49. The summed E-state index contributed by atoms with van der Waals surface area (Å²) in [5.74, 6) is -0.198. The van der Waals surface area contributed by atoms with Crippen molar-refractivity contribution in [1.29, 1.82) is 0 Å². The number of anilines is 1. The number of aromatic nitrogens is 1. The van der Waals surface area contributed by atoms with Gasteiger partial charge in [0.05, 0.1) is 0 Å². The summed E-state index contributed by atoms with van der Waals surface area (Å²) in [6.07, 6.45) is 3.77. The number of rotatable bonds is 5. The molecule has 2 heterocycles. The summed E-state index contributed by atoms with van der Waals surface area (Å²) in [7, 11) is 0. The summed E-state index contributed by atoms with van der Waals surface area (Å²) in [5, 5.41) is 4.90. The van der Waals surface area contributed by atoms with E-state index in [1.165, 1.54) is 11.3 Å². The van der Waals surface area contributed by atoms with Gasteiger partial charge in [-0.3, -0.25) is 9.59 Å². The largest absolute Gasteiger partial charge is 0.339 e. The first-order valence-electron chi connectivity index (χ1n) is 10.4. The van der Waals surface area contributed by atoms with E-state index in [0.29, 0.717) is 41.6 Å². The van der Waals surface area contributed by atoms with Gasteiger partial charge in [-0.25, -0.2) is 4.98 Å². The van der Waals surface area contributed by atoms with Crippen molar-refractivity contribution in [3.05, 3.63) is 80.3 Å². The van der Waals surface area contributed by atoms with Crippen LogP contribution in [0.3, 0.4) is 0 Å². The molecule has 4 rings (SSSR count). The second-order valence-corrected chi connectivity index (χ2v) is 9.91. The van der Waals surface area contributed by atoms with E-state index in [-0.39, 0.29) is 17.7 Å². The molecular weight excluding hydrogens is 465 g/mol. The van der Waals surface area contributed by atoms with Crippen molar-refractivity contribution in [3.63, 3.8) is 0 Å². The molecule has 5 nitrogen and oxygen atoms in total. The van der Waals surface area contributed by atoms with Crippen LogP contribution in [0, 0.1) is 12.8 Å². The lowest BCUT2D eigenvalue weighted by Crippen LogP contribution is -2.41. The molecule has 1 saturated heterocycles. The molecule has 0 radical (unpaired) electrons. The van der Waals surface area contributed by atoms with Crippen molar-refractivity contribution in [2.24, 2.45) is 5.92 Å². The molecule has 0 aliphatic carbocycles. The minimum absolute atomic E-state index is 0.0266. The maximum atomic E-state index is 12.7. The standard InChI is InChI=1S/C24H23Cl2N3O2S/c1-15-2-3-16(13-21(15)26)12-20-14-27-24(32-20)28-22(30)17-8-10-29(11-9-17)23(31)18-4-6-19(25)7-5-18/h2-7,13-14,17H,8-12H2,1H3,(H,27,28,30). The molecule has 166 valence electrons. The van der Waals surface area contributed by atoms with Gasteiger partial charge in [0.25, 0.3) is 5.91 Å². The van der Waals surface area contributed by atoms with Crippen LogP contribution >= 0.6 is 34.5 Å². The second-order valence-electron chi connectivity index (χ2n) is 7.95. The van der Waals surface area contributed by atoms with E-state index in [2.05, 4.69) is 16.4 Å². The highest BCUT2D eigenvalue weighted by atomic mass is 35.5. The Morgan fingerprint density at radius 3 is 2.53 bits per heavy atom. The van der Waals surface area contributed by atoms with Crippen molar-refractivity contribution < 1.29 is 9.59 Å². The number of hydrogen-bond donors (Lipinski definition) is 1. The summed E-state index contributed by atoms with van der Waals surface area (Å²) >= 11 is 13.6. The molecule has 32 heavy (non-hydrogen) atoms. The quantitative estimate of drug-likeness (QED) is 0.491. The van der Waals surface area contributed by atoms with Crippen molar-refractivity contribution in [2.75, 3.05) is 18.4 Å². The highest BCUT2D eigenvalue weighted by Crippen LogP contribution is 2.26. The summed E-state index contributed by atoms with van der Waals surface area (Å²) in [6, 6.07) is 12.9. The van der Waals surface area contributed by atoms with Crippen LogP contribution in [0.2, 0.25) is 10.0 Å². The molecule has 0 spiro atoms. The van der Waals surface area contributed by atoms with Crippen LogP contribution in [0.15, 0.2) is 48.7 Å². The van der Waals surface area contributed by atoms with E-state index in [1.54, 1.807) is 35.4 Å². The smallest absolute Gasteiger partial charge is 0.253 e. The molecule has 2 amide bonds. The Morgan fingerprint density at radius 2 is 1.84 bits per heavy atom. The van der Waals surface area contributed by atoms with Gasteiger partial charge in [0, 0.05) is 52.1 Å². The molecule has 0 bridgehead atoms. The number of aryl methyl sites for hydroxylation is 1. The van der Waals surface area contributed by atoms with E-state index in [0.717, 1.165) is 27.4 Å². The van der Waals surface area contributed by atoms with Crippen LogP contribution in [0.4, 0.5) is 5.13 Å². The number of benzene rings is 2. The Labute approximate surface area is 201 Å². The van der Waals surface area contributed by atoms with Crippen LogP contribution in [-0.4, -0.2) is 34.8 Å². The van der Waals surface area contributed by atoms with Crippen LogP contribution in [-0.2, 0) is 11.2 Å². The molecule has 1 aromatic heterocycles. The summed E-state index contributed by atoms with van der Waals surface area (Å²) < 4.78 is 0. The monoisotopic (exact) mass is 487 g/mol. The third-order valence-corrected chi connectivity index (χ3v) is 7.21. The van der Waals surface area contributed by atoms with E-state index in [1.807, 2.05) is 19.1 Å². The lowest BCUT2D eigenvalue weighted by Gasteiger charge is -2.31. The predicted octanol–water partition coefficient (Wildman–Crippen LogP) is 5.84. The van der Waals surface area contributed by atoms with Gasteiger partial charge < -0.3 is 10.2 Å². The zero-order valence-corrected chi connectivity index (χ0v) is 19.9. The minimum Gasteiger partial charge on any atom is -0.339 e. The molecule has 1 aliphatic heterocycles. The highest BCUT2D eigenvalue weighted by Gasteiger charge is 2.28. The van der Waals surface area contributed by atoms with Gasteiger partial charge in [0.1, 0.15) is 0 Å². The maximum absolute atomic E-state index is 12.7. The summed E-state index contributed by atoms with van der Waals surface area (Å²) in [6.45, 7) is 3.08. The fourth-order valence-electron chi connectivity index (χ4n) is 3.72. The topological polar surface area (TPSA) is 62.3 Å². The fraction of sp³-hybridized carbons (Fsp3) is 0.292. The van der Waals surface area contributed by atoms with Gasteiger partial charge in [-0.1, -0.05) is 35.3 Å². The average Bonchev–Trinajstić information content (AvgIpc) is 3.23. The number of carbonyl (C=O) groups is 2. The van der Waals surface area contributed by atoms with Gasteiger partial charge in [-0.2, -0.15) is 0 Å². The van der Waals surface area contributed by atoms with Crippen LogP contribution in [0.1, 0.15) is 39.2 Å². The zero-order valence-electron chi connectivity index (χ0n) is 17.6. The molecule has 2 aromatic carbocycles. The van der Waals surface area contributed by atoms with Gasteiger partial charge in [-0.15, -0.1) is 11.3 Å². The van der Waals surface area contributed by atoms with Crippen molar-refractivity contribution in [3.8, 4) is 0 Å². The normalized spacial score (nSPS) is 14.4. The summed E-state index contributed by atoms with van der Waals surface area (Å²) in [5.41, 5.74) is 2.77. The Bertz CT molecular complexity index is 1120. The van der Waals surface area contributed by atoms with Crippen molar-refractivity contribution in [2.45, 2.75) is 26.2 Å². The Kier molecular flexibility index (Phi) is 7.13. The zero-order chi connectivity index (χ0) is 22.7. The SMILES string of the molecule is Cc1ccc(Cc2cnc(NC(=O)C3CCN(C(=O)c4ccc(Cl)cc4)CC3)s2)cc1Cl. The van der Waals surface area contributed by atoms with Crippen molar-refractivity contribution >= 4 is 51.5 Å². The number of nitrogens with one attached hydrogen (secondary N) is 1. The first kappa shape index (κ1) is 22.8. The van der Waals surface area contributed by atoms with Crippen molar-refractivity contribution in [1.82, 2.24) is 9.88 Å². The molecule has 1 aliphatic rings. The average molecular weight is 488 g/mol. The summed E-state index contributed by atoms with van der Waals surface area (Å²) in [4.78, 5) is 32.6. The number of nitrogens with zero attached hydrogens (tertiary/aromatic N) is 2. The number of halogens is 2. The predicted molar refractivity (Wildman–Crippen MR) is 130 cm³/mol. The third-order valence-electron chi connectivity index (χ3n) is 5.64. The molecule has 8 heteroatoms. The number of likely N-dealkylation sites (tertiary alicyclic amines) is 1. The van der Waals surface area contributed by atoms with Crippen LogP contribution < -0.4 is 5.32 Å². The van der Waals surface area contributed by atoms with Gasteiger partial charge in [0.2, 0.25) is 5.91 Å². The lowest BCUT2D eigenvalue weighted by molar-refractivity contribution is -0.121. The minimum atomic E-state index is -0.132. The molecule has 1 N–H and O–H groups in total. The lowest BCUT2D eigenvalue weighted by atomic mass is 9.95. The van der Waals surface area contributed by atoms with E-state index < -0.39 is 0 Å². The van der Waals surface area contributed by atoms with Gasteiger partial charge in [0.15, 0.2) is 5.13 Å². The number of hydrogen-bond acceptors (Lipinski definition) is 4. The molecule has 1 fully saturated rings. The molecular formula is C24H23Cl2N3O2S. The van der Waals surface area contributed by atoms with E-state index >= 15 is 0 Å². The number of thiazole rings is 1. The van der Waals surface area contributed by atoms with Gasteiger partial charge in [-0.05, 0) is 61.2 Å². The molecule has 0 saturated carbocycles. The van der Waals surface area contributed by atoms with Crippen LogP contribution in [0.5, 0.6) is 0 Å². The first-order valence-corrected chi connectivity index (χ1v) is 12.0. The molecule has 0 atom stereocenters. The van der Waals surface area contributed by atoms with E-state index in [4.69, 9.17) is 23.2 Å². The number of amides is 2. The van der Waals surface area contributed by atoms with E-state index in [9.17, 15) is 9.59 Å². The molecule has 0 unspecified atom stereocenters. The molecule has 3 aromatic rings. The first-order chi connectivity index (χ1) is 15.4. The van der Waals surface area contributed by atoms with Crippen LogP contribution in [0.25, 0.3) is 0 Å². The number of carbonyl (C=O) groups excluding carboxylic acids is 2. The second kappa shape index (κ2) is 10.0. The maximum Gasteiger partial charge on any atom is 0.253 e. The fourth-order valence-corrected chi connectivity index (χ4v) is 4.90. The highest BCUT2D eigenvalue weighted by molar-refractivity contribution is 7.15. The Hall–Kier alpha value is -2.41. The number of piperidine rings is 1.